The van der Waals surface area contributed by atoms with Crippen LogP contribution in [0.1, 0.15) is 5.82 Å². The molecule has 0 atom stereocenters. The molecule has 15 heavy (non-hydrogen) atoms. The lowest BCUT2D eigenvalue weighted by molar-refractivity contribution is 0.995. The maximum Gasteiger partial charge on any atom is 0.232 e. The Bertz CT molecular complexity index is 434. The summed E-state index contributed by atoms with van der Waals surface area (Å²) in [5.74, 6) is 1.29. The Morgan fingerprint density at radius 1 is 1.07 bits per heavy atom. The largest absolute Gasteiger partial charge is 0.368 e. The van der Waals surface area contributed by atoms with Crippen molar-refractivity contribution in [3.8, 4) is 0 Å². The van der Waals surface area contributed by atoms with Gasteiger partial charge in [-0.15, -0.1) is 0 Å². The third kappa shape index (κ3) is 2.40. The molecule has 0 saturated carbocycles. The lowest BCUT2D eigenvalue weighted by Crippen LogP contribution is -2.04. The molecule has 1 heterocycles. The number of rotatable bonds is 2. The standard InChI is InChI=1S/C10H11N5/c1-7-12-9(11)15-10(13-7)14-8-5-3-2-4-6-8/h2-6H,1H3,(H3,11,12,13,14,15). The van der Waals surface area contributed by atoms with Gasteiger partial charge in [0.1, 0.15) is 5.82 Å². The first kappa shape index (κ1) is 9.39. The fourth-order valence-corrected chi connectivity index (χ4v) is 1.21. The van der Waals surface area contributed by atoms with E-state index in [4.69, 9.17) is 5.73 Å². The average molecular weight is 201 g/mol. The van der Waals surface area contributed by atoms with Gasteiger partial charge in [-0.3, -0.25) is 0 Å². The molecule has 0 saturated heterocycles. The molecule has 0 aliphatic heterocycles. The Morgan fingerprint density at radius 2 is 1.80 bits per heavy atom. The summed E-state index contributed by atoms with van der Waals surface area (Å²) in [5, 5.41) is 3.04. The zero-order valence-electron chi connectivity index (χ0n) is 8.31. The van der Waals surface area contributed by atoms with E-state index < -0.39 is 0 Å². The van der Waals surface area contributed by atoms with Gasteiger partial charge in [0.25, 0.3) is 0 Å². The summed E-state index contributed by atoms with van der Waals surface area (Å²) in [5.41, 5.74) is 6.43. The summed E-state index contributed by atoms with van der Waals surface area (Å²) in [4.78, 5) is 12.0. The topological polar surface area (TPSA) is 76.7 Å². The number of aryl methyl sites for hydroxylation is 1. The van der Waals surface area contributed by atoms with Gasteiger partial charge < -0.3 is 11.1 Å². The van der Waals surface area contributed by atoms with Gasteiger partial charge in [-0.05, 0) is 19.1 Å². The van der Waals surface area contributed by atoms with E-state index in [9.17, 15) is 0 Å². The second-order valence-electron chi connectivity index (χ2n) is 3.06. The van der Waals surface area contributed by atoms with E-state index in [1.54, 1.807) is 6.92 Å². The summed E-state index contributed by atoms with van der Waals surface area (Å²) >= 11 is 0. The Kier molecular flexibility index (Phi) is 2.45. The number of nitrogens with zero attached hydrogens (tertiary/aromatic N) is 3. The average Bonchev–Trinajstić information content (AvgIpc) is 2.17. The molecule has 0 amide bonds. The van der Waals surface area contributed by atoms with Crippen LogP contribution in [-0.2, 0) is 0 Å². The van der Waals surface area contributed by atoms with Gasteiger partial charge >= 0.3 is 0 Å². The quantitative estimate of drug-likeness (QED) is 0.770. The Labute approximate surface area is 87.4 Å². The van der Waals surface area contributed by atoms with Crippen LogP contribution in [0, 0.1) is 6.92 Å². The predicted molar refractivity (Wildman–Crippen MR) is 58.7 cm³/mol. The maximum atomic E-state index is 5.51. The molecule has 0 spiro atoms. The number of benzene rings is 1. The highest BCUT2D eigenvalue weighted by Crippen LogP contribution is 2.11. The second kappa shape index (κ2) is 3.91. The number of para-hydroxylation sites is 1. The Balaban J connectivity index is 2.25. The highest BCUT2D eigenvalue weighted by Gasteiger charge is 2.00. The van der Waals surface area contributed by atoms with Gasteiger partial charge in [0, 0.05) is 5.69 Å². The van der Waals surface area contributed by atoms with Crippen molar-refractivity contribution in [3.05, 3.63) is 36.2 Å². The van der Waals surface area contributed by atoms with Crippen LogP contribution >= 0.6 is 0 Å². The number of nitrogens with two attached hydrogens (primary N) is 1. The molecule has 0 radical (unpaired) electrons. The lowest BCUT2D eigenvalue weighted by atomic mass is 10.3. The number of aromatic nitrogens is 3. The minimum absolute atomic E-state index is 0.223. The van der Waals surface area contributed by atoms with Crippen molar-refractivity contribution in [2.24, 2.45) is 0 Å². The molecule has 76 valence electrons. The number of hydrogen-bond acceptors (Lipinski definition) is 5. The van der Waals surface area contributed by atoms with E-state index in [1.165, 1.54) is 0 Å². The van der Waals surface area contributed by atoms with Crippen molar-refractivity contribution in [1.82, 2.24) is 15.0 Å². The van der Waals surface area contributed by atoms with Crippen LogP contribution < -0.4 is 11.1 Å². The normalized spacial score (nSPS) is 9.93. The molecule has 2 aromatic rings. The van der Waals surface area contributed by atoms with Crippen LogP contribution in [0.3, 0.4) is 0 Å². The monoisotopic (exact) mass is 201 g/mol. The number of anilines is 3. The van der Waals surface area contributed by atoms with Crippen LogP contribution in [0.25, 0.3) is 0 Å². The molecule has 0 unspecified atom stereocenters. The smallest absolute Gasteiger partial charge is 0.232 e. The Hall–Kier alpha value is -2.17. The first-order valence-corrected chi connectivity index (χ1v) is 4.54. The van der Waals surface area contributed by atoms with Gasteiger partial charge in [0.05, 0.1) is 0 Å². The third-order valence-corrected chi connectivity index (χ3v) is 1.79. The van der Waals surface area contributed by atoms with Crippen LogP contribution in [-0.4, -0.2) is 15.0 Å². The first-order valence-electron chi connectivity index (χ1n) is 4.54. The van der Waals surface area contributed by atoms with E-state index in [2.05, 4.69) is 20.3 Å². The summed E-state index contributed by atoms with van der Waals surface area (Å²) < 4.78 is 0. The van der Waals surface area contributed by atoms with Gasteiger partial charge in [-0.25, -0.2) is 0 Å². The highest BCUT2D eigenvalue weighted by atomic mass is 15.2. The summed E-state index contributed by atoms with van der Waals surface area (Å²) in [6.45, 7) is 1.77. The molecule has 5 nitrogen and oxygen atoms in total. The van der Waals surface area contributed by atoms with Crippen molar-refractivity contribution in [2.75, 3.05) is 11.1 Å². The second-order valence-corrected chi connectivity index (χ2v) is 3.06. The van der Waals surface area contributed by atoms with Gasteiger partial charge in [-0.1, -0.05) is 18.2 Å². The molecule has 1 aromatic heterocycles. The molecule has 5 heteroatoms. The molecule has 0 bridgehead atoms. The van der Waals surface area contributed by atoms with E-state index >= 15 is 0 Å². The van der Waals surface area contributed by atoms with Crippen molar-refractivity contribution < 1.29 is 0 Å². The minimum Gasteiger partial charge on any atom is -0.368 e. The molecular weight excluding hydrogens is 190 g/mol. The highest BCUT2D eigenvalue weighted by molar-refractivity contribution is 5.53. The van der Waals surface area contributed by atoms with Crippen LogP contribution in [0.15, 0.2) is 30.3 Å². The van der Waals surface area contributed by atoms with E-state index in [1.807, 2.05) is 30.3 Å². The Morgan fingerprint density at radius 3 is 2.47 bits per heavy atom. The van der Waals surface area contributed by atoms with Crippen LogP contribution in [0.4, 0.5) is 17.6 Å². The van der Waals surface area contributed by atoms with Crippen molar-refractivity contribution in [3.63, 3.8) is 0 Å². The van der Waals surface area contributed by atoms with E-state index in [-0.39, 0.29) is 5.95 Å². The van der Waals surface area contributed by atoms with Crippen molar-refractivity contribution in [2.45, 2.75) is 6.92 Å². The zero-order valence-corrected chi connectivity index (χ0v) is 8.31. The predicted octanol–water partition coefficient (Wildman–Crippen LogP) is 1.51. The molecule has 0 aliphatic carbocycles. The van der Waals surface area contributed by atoms with Crippen LogP contribution in [0.5, 0.6) is 0 Å². The SMILES string of the molecule is Cc1nc(N)nc(Nc2ccccc2)n1. The lowest BCUT2D eigenvalue weighted by Gasteiger charge is -2.04. The van der Waals surface area contributed by atoms with Gasteiger partial charge in [0.2, 0.25) is 11.9 Å². The van der Waals surface area contributed by atoms with Crippen LogP contribution in [0.2, 0.25) is 0 Å². The van der Waals surface area contributed by atoms with E-state index in [0.29, 0.717) is 11.8 Å². The number of nitrogens with one attached hydrogen (secondary N) is 1. The van der Waals surface area contributed by atoms with Crippen molar-refractivity contribution >= 4 is 17.6 Å². The molecule has 0 fully saturated rings. The molecule has 1 aromatic carbocycles. The fraction of sp³-hybridized carbons (Fsp3) is 0.100. The molecule has 2 rings (SSSR count). The number of hydrogen-bond donors (Lipinski definition) is 2. The van der Waals surface area contributed by atoms with Gasteiger partial charge in [-0.2, -0.15) is 15.0 Å². The minimum atomic E-state index is 0.223. The summed E-state index contributed by atoms with van der Waals surface area (Å²) in [6, 6.07) is 9.66. The van der Waals surface area contributed by atoms with Gasteiger partial charge in [0.15, 0.2) is 0 Å². The molecule has 0 aliphatic rings. The first-order chi connectivity index (χ1) is 7.24. The number of nitrogen functional groups attached to an aromatic ring is 1. The van der Waals surface area contributed by atoms with Crippen molar-refractivity contribution in [1.29, 1.82) is 0 Å². The van der Waals surface area contributed by atoms with E-state index in [0.717, 1.165) is 5.69 Å². The fourth-order valence-electron chi connectivity index (χ4n) is 1.21. The third-order valence-electron chi connectivity index (χ3n) is 1.79. The summed E-state index contributed by atoms with van der Waals surface area (Å²) in [6.07, 6.45) is 0. The maximum absolute atomic E-state index is 5.51. The summed E-state index contributed by atoms with van der Waals surface area (Å²) in [7, 11) is 0. The molecule has 3 N–H and O–H groups in total. The molecular formula is C10H11N5. The zero-order chi connectivity index (χ0) is 10.7.